The molecule has 0 spiro atoms. The van der Waals surface area contributed by atoms with Crippen molar-refractivity contribution < 1.29 is 19.0 Å². The standard InChI is InChI=1S/C8H9FN3O3.Al/c1-15-8-11-3-4(6(9)12-8)2-5(10)7(13)14;/h5H,2,10H2,1H3,(H,13,14);. The number of carbonyl (C=O) groups is 1. The van der Waals surface area contributed by atoms with Crippen LogP contribution in [-0.4, -0.2) is 50.5 Å². The quantitative estimate of drug-likeness (QED) is 0.485. The lowest BCUT2D eigenvalue weighted by molar-refractivity contribution is -0.138. The van der Waals surface area contributed by atoms with Gasteiger partial charge >= 0.3 is 12.0 Å². The van der Waals surface area contributed by atoms with Crippen molar-refractivity contribution in [3.8, 4) is 6.01 Å². The van der Waals surface area contributed by atoms with Crippen molar-refractivity contribution in [2.24, 2.45) is 5.73 Å². The Hall–Kier alpha value is -1.23. The molecule has 0 aliphatic heterocycles. The molecule has 0 aliphatic rings. The number of nitrogens with two attached hydrogens (primary N) is 1. The highest BCUT2D eigenvalue weighted by Crippen LogP contribution is 2.07. The van der Waals surface area contributed by atoms with Gasteiger partial charge in [-0.25, -0.2) is 4.98 Å². The van der Waals surface area contributed by atoms with E-state index in [-0.39, 0.29) is 22.6 Å². The Kier molecular flexibility index (Phi) is 4.18. The van der Waals surface area contributed by atoms with E-state index >= 15 is 0 Å². The van der Waals surface area contributed by atoms with Gasteiger partial charge in [-0.1, -0.05) is 0 Å². The average molecular weight is 241 g/mol. The molecular weight excluding hydrogens is 232 g/mol. The van der Waals surface area contributed by atoms with Crippen LogP contribution < -0.4 is 15.0 Å². The van der Waals surface area contributed by atoms with Gasteiger partial charge in [-0.3, -0.25) is 4.79 Å². The first-order valence-corrected chi connectivity index (χ1v) is 4.87. The molecule has 1 aromatic heterocycles. The Balaban J connectivity index is 3.01. The maximum absolute atomic E-state index is 13.4. The van der Waals surface area contributed by atoms with Gasteiger partial charge in [0, 0.05) is 12.0 Å². The number of aromatic nitrogens is 2. The molecule has 0 aliphatic carbocycles. The summed E-state index contributed by atoms with van der Waals surface area (Å²) in [4.78, 5) is 17.7. The molecule has 0 aromatic carbocycles. The SMILES string of the molecule is COc1nc(F)c(CC(N)C(=O)O)[c]([Al])n1. The fourth-order valence-corrected chi connectivity index (χ4v) is 1.39. The molecule has 84 valence electrons. The molecule has 1 heterocycles. The minimum absolute atomic E-state index is 0.0562. The number of hydrogen-bond acceptors (Lipinski definition) is 5. The topological polar surface area (TPSA) is 98.3 Å². The molecule has 1 aromatic rings. The minimum atomic E-state index is -1.21. The predicted molar refractivity (Wildman–Crippen MR) is 53.2 cm³/mol. The predicted octanol–water partition coefficient (Wildman–Crippen LogP) is -1.63. The Morgan fingerprint density at radius 2 is 2.31 bits per heavy atom. The molecule has 16 heavy (non-hydrogen) atoms. The van der Waals surface area contributed by atoms with Gasteiger partial charge in [-0.2, -0.15) is 9.37 Å². The van der Waals surface area contributed by atoms with Crippen molar-refractivity contribution in [2.75, 3.05) is 7.11 Å². The van der Waals surface area contributed by atoms with Crippen LogP contribution >= 0.6 is 0 Å². The zero-order chi connectivity index (χ0) is 12.3. The van der Waals surface area contributed by atoms with Crippen LogP contribution in [0.2, 0.25) is 0 Å². The first kappa shape index (κ1) is 12.8. The van der Waals surface area contributed by atoms with Gasteiger partial charge in [-0.05, 0) is 4.56 Å². The lowest BCUT2D eigenvalue weighted by Crippen LogP contribution is -2.35. The van der Waals surface area contributed by atoms with Crippen molar-refractivity contribution in [1.82, 2.24) is 9.97 Å². The third-order valence-electron chi connectivity index (χ3n) is 1.89. The van der Waals surface area contributed by atoms with Crippen molar-refractivity contribution in [3.05, 3.63) is 11.5 Å². The maximum Gasteiger partial charge on any atom is 0.320 e. The zero-order valence-electron chi connectivity index (χ0n) is 8.48. The number of ether oxygens (including phenoxy) is 1. The molecular formula is C8H9AlFN3O3. The maximum atomic E-state index is 13.4. The molecule has 0 saturated heterocycles. The Morgan fingerprint density at radius 1 is 1.69 bits per heavy atom. The number of halogens is 1. The summed E-state index contributed by atoms with van der Waals surface area (Å²) in [6, 6.07) is -1.30. The van der Waals surface area contributed by atoms with Gasteiger partial charge in [0.25, 0.3) is 0 Å². The van der Waals surface area contributed by atoms with Gasteiger partial charge in [0.2, 0.25) is 22.2 Å². The van der Waals surface area contributed by atoms with Crippen LogP contribution in [0.5, 0.6) is 6.01 Å². The highest BCUT2D eigenvalue weighted by molar-refractivity contribution is 6.31. The lowest BCUT2D eigenvalue weighted by Gasteiger charge is -2.11. The second kappa shape index (κ2) is 5.21. The number of nitrogens with zero attached hydrogens (tertiary/aromatic N) is 2. The number of aliphatic carboxylic acids is 1. The molecule has 2 radical (unpaired) electrons. The van der Waals surface area contributed by atoms with E-state index in [2.05, 4.69) is 31.0 Å². The Bertz CT molecular complexity index is 393. The number of rotatable bonds is 4. The largest absolute Gasteiger partial charge is 0.480 e. The highest BCUT2D eigenvalue weighted by atomic mass is 27.0. The minimum Gasteiger partial charge on any atom is -0.480 e. The van der Waals surface area contributed by atoms with E-state index < -0.39 is 18.0 Å². The van der Waals surface area contributed by atoms with Crippen molar-refractivity contribution >= 4 is 26.8 Å². The first-order chi connectivity index (χ1) is 7.45. The highest BCUT2D eigenvalue weighted by Gasteiger charge is 2.18. The molecule has 0 saturated carbocycles. The second-order valence-corrected chi connectivity index (χ2v) is 3.56. The lowest BCUT2D eigenvalue weighted by atomic mass is 10.1. The third kappa shape index (κ3) is 2.88. The van der Waals surface area contributed by atoms with Crippen LogP contribution in [0.15, 0.2) is 0 Å². The summed E-state index contributed by atoms with van der Waals surface area (Å²) in [7, 11) is 1.31. The second-order valence-electron chi connectivity index (χ2n) is 3.01. The van der Waals surface area contributed by atoms with Crippen LogP contribution in [0, 0.1) is 5.95 Å². The van der Waals surface area contributed by atoms with Crippen LogP contribution in [0.1, 0.15) is 5.56 Å². The summed E-state index contributed by atoms with van der Waals surface area (Å²) in [5, 5.41) is 8.61. The normalized spacial score (nSPS) is 12.2. The monoisotopic (exact) mass is 241 g/mol. The van der Waals surface area contributed by atoms with Crippen molar-refractivity contribution in [3.63, 3.8) is 0 Å². The summed E-state index contributed by atoms with van der Waals surface area (Å²) < 4.78 is 18.3. The zero-order valence-corrected chi connectivity index (χ0v) is 9.63. The molecule has 0 amide bonds. The Morgan fingerprint density at radius 3 is 2.75 bits per heavy atom. The first-order valence-electron chi connectivity index (χ1n) is 4.30. The number of hydrogen-bond donors (Lipinski definition) is 2. The van der Waals surface area contributed by atoms with E-state index in [1.165, 1.54) is 7.11 Å². The van der Waals surface area contributed by atoms with Gasteiger partial charge in [0.05, 0.1) is 7.11 Å². The number of carboxylic acid groups (broad SMARTS) is 1. The third-order valence-corrected chi connectivity index (χ3v) is 2.37. The number of carboxylic acids is 1. The van der Waals surface area contributed by atoms with Crippen molar-refractivity contribution in [1.29, 1.82) is 0 Å². The molecule has 8 heteroatoms. The summed E-state index contributed by atoms with van der Waals surface area (Å²) in [5.41, 5.74) is 5.35. The smallest absolute Gasteiger partial charge is 0.320 e. The van der Waals surface area contributed by atoms with Crippen LogP contribution in [0.25, 0.3) is 0 Å². The van der Waals surface area contributed by atoms with Crippen molar-refractivity contribution in [2.45, 2.75) is 12.5 Å². The number of methoxy groups -OCH3 is 1. The molecule has 3 N–H and O–H groups in total. The van der Waals surface area contributed by atoms with Crippen LogP contribution in [-0.2, 0) is 11.2 Å². The molecule has 6 nitrogen and oxygen atoms in total. The average Bonchev–Trinajstić information content (AvgIpc) is 2.22. The van der Waals surface area contributed by atoms with E-state index in [9.17, 15) is 9.18 Å². The van der Waals surface area contributed by atoms with E-state index in [0.717, 1.165) is 0 Å². The fourth-order valence-electron chi connectivity index (χ4n) is 1.04. The fraction of sp³-hybridized carbons (Fsp3) is 0.375. The molecule has 0 bridgehead atoms. The van der Waals surface area contributed by atoms with E-state index in [1.807, 2.05) is 0 Å². The van der Waals surface area contributed by atoms with Gasteiger partial charge in [0.15, 0.2) is 0 Å². The molecule has 1 unspecified atom stereocenters. The molecule has 0 fully saturated rings. The van der Waals surface area contributed by atoms with Crippen LogP contribution in [0.3, 0.4) is 0 Å². The molecule has 1 rings (SSSR count). The van der Waals surface area contributed by atoms with E-state index in [4.69, 9.17) is 10.8 Å². The van der Waals surface area contributed by atoms with E-state index in [0.29, 0.717) is 0 Å². The van der Waals surface area contributed by atoms with Crippen LogP contribution in [0.4, 0.5) is 4.39 Å². The summed E-state index contributed by atoms with van der Waals surface area (Å²) in [6.45, 7) is 0. The van der Waals surface area contributed by atoms with E-state index in [1.54, 1.807) is 0 Å². The van der Waals surface area contributed by atoms with Gasteiger partial charge in [0.1, 0.15) is 6.04 Å². The molecule has 1 atom stereocenters. The summed E-state index contributed by atoms with van der Waals surface area (Å²) in [6.07, 6.45) is -0.177. The van der Waals surface area contributed by atoms with Gasteiger partial charge in [-0.15, -0.1) is 0 Å². The Labute approximate surface area is 99.1 Å². The summed E-state index contributed by atoms with van der Waals surface area (Å²) >= 11 is 2.19. The summed E-state index contributed by atoms with van der Waals surface area (Å²) in [5.74, 6) is -2.03. The van der Waals surface area contributed by atoms with Gasteiger partial charge < -0.3 is 15.6 Å².